The third-order valence-corrected chi connectivity index (χ3v) is 25.6. The number of benzene rings is 10. The minimum absolute atomic E-state index is 0.0389. The monoisotopic (exact) mass is 1590 g/mol. The molecule has 21 heteroatoms. The summed E-state index contributed by atoms with van der Waals surface area (Å²) in [6.45, 7) is 38.0. The van der Waals surface area contributed by atoms with Gasteiger partial charge in [0.1, 0.15) is 0 Å². The quantitative estimate of drug-likeness (QED) is 0.0410. The molecule has 0 aliphatic carbocycles. The Morgan fingerprint density at radius 3 is 0.838 bits per heavy atom. The first kappa shape index (κ1) is 79.5. The number of pyridine rings is 2. The van der Waals surface area contributed by atoms with Gasteiger partial charge in [-0.1, -0.05) is 147 Å². The van der Waals surface area contributed by atoms with Crippen LogP contribution >= 0.6 is 11.6 Å². The van der Waals surface area contributed by atoms with E-state index in [1.54, 1.807) is 36.7 Å². The molecule has 0 radical (unpaired) electrons. The highest BCUT2D eigenvalue weighted by atomic mass is 35.5. The molecular weight excluding hydrogens is 1490 g/mol. The van der Waals surface area contributed by atoms with Crippen molar-refractivity contribution in [3.63, 3.8) is 0 Å². The zero-order chi connectivity index (χ0) is 83.2. The lowest BCUT2D eigenvalue weighted by molar-refractivity contribution is 0.0423. The minimum atomic E-state index is -0.447. The summed E-state index contributed by atoms with van der Waals surface area (Å²) < 4.78 is 0. The smallest absolute Gasteiger partial charge is 0.261 e. The topological polar surface area (TPSA) is 231 Å². The number of hydrogen-bond acceptors (Lipinski definition) is 15. The van der Waals surface area contributed by atoms with E-state index in [9.17, 15) is 47.9 Å². The Labute approximate surface area is 685 Å². The molecule has 0 spiro atoms. The van der Waals surface area contributed by atoms with Crippen LogP contribution < -0.4 is 15.1 Å². The van der Waals surface area contributed by atoms with Crippen LogP contribution in [-0.4, -0.2) is 169 Å². The maximum atomic E-state index is 14.9. The van der Waals surface area contributed by atoms with Crippen LogP contribution in [0.1, 0.15) is 214 Å². The van der Waals surface area contributed by atoms with Crippen molar-refractivity contribution in [2.75, 3.05) is 62.2 Å². The van der Waals surface area contributed by atoms with Crippen molar-refractivity contribution in [2.24, 2.45) is 47.3 Å². The summed E-state index contributed by atoms with van der Waals surface area (Å²) in [6.07, 6.45) is 6.29. The van der Waals surface area contributed by atoms with Crippen LogP contribution in [-0.2, 0) is 0 Å². The Morgan fingerprint density at radius 2 is 0.556 bits per heavy atom. The van der Waals surface area contributed by atoms with Gasteiger partial charge in [0.25, 0.3) is 58.4 Å². The molecule has 0 unspecified atom stereocenters. The molecule has 2 saturated heterocycles. The average Bonchev–Trinajstić information content (AvgIpc) is 0.685. The molecule has 0 bridgehead atoms. The fraction of sp³-hybridized carbons (Fsp3) is 0.375. The SMILES string of the molecule is CC(C)C(C(C)C)N1C(=O)c2ccc3c4ccc5c6c(cc(N7CCN(C(=O)c8ccncc8)CC7)c(c7ccc(c2c37)C1=O)c64)C(=O)N(C(C(C)C)C(C)C)C5=O.CC(C)C(C(C)C)N1C(=O)c2ccc3c4ccc5c6c(cc(N7CCNCC7)c(c7ccc(c2c37)C1=O)c64)C(=O)N(C(C(C)C)C(C)C)C5=O.O=C(Cl)c1ccncc1. The molecular formula is C96H99ClN10O10. The Bertz CT molecular complexity index is 6100. The number of piperazine rings is 2. The van der Waals surface area contributed by atoms with Gasteiger partial charge in [-0.3, -0.25) is 77.5 Å². The molecule has 12 aromatic rings. The molecule has 2 aromatic heterocycles. The lowest BCUT2D eigenvalue weighted by Crippen LogP contribution is -2.51. The highest BCUT2D eigenvalue weighted by Gasteiger charge is 2.47. The number of nitrogens with zero attached hydrogens (tertiary/aromatic N) is 9. The van der Waals surface area contributed by atoms with Crippen molar-refractivity contribution in [3.8, 4) is 0 Å². The number of aromatic nitrogens is 2. The van der Waals surface area contributed by atoms with E-state index in [-0.39, 0.29) is 125 Å². The van der Waals surface area contributed by atoms with Crippen molar-refractivity contribution in [3.05, 3.63) is 190 Å². The molecule has 20 nitrogen and oxygen atoms in total. The normalized spacial score (nSPS) is 16.1. The number of amides is 9. The third-order valence-electron chi connectivity index (χ3n) is 25.4. The minimum Gasteiger partial charge on any atom is -0.368 e. The van der Waals surface area contributed by atoms with Crippen molar-refractivity contribution >= 4 is 168 Å². The molecule has 9 amide bonds. The number of carbonyl (C=O) groups is 10. The summed E-state index contributed by atoms with van der Waals surface area (Å²) in [5.41, 5.74) is 6.98. The third kappa shape index (κ3) is 12.5. The summed E-state index contributed by atoms with van der Waals surface area (Å²) in [5, 5.41) is 16.2. The first-order valence-corrected chi connectivity index (χ1v) is 41.7. The van der Waals surface area contributed by atoms with Crippen LogP contribution in [0.3, 0.4) is 0 Å². The lowest BCUT2D eigenvalue weighted by Gasteiger charge is -2.40. The summed E-state index contributed by atoms with van der Waals surface area (Å²) in [5.74, 6) is -1.65. The van der Waals surface area contributed by atoms with Gasteiger partial charge in [-0.15, -0.1) is 0 Å². The van der Waals surface area contributed by atoms with Crippen molar-refractivity contribution in [2.45, 2.75) is 135 Å². The second-order valence-electron chi connectivity index (χ2n) is 35.2. The number of halogens is 1. The average molecular weight is 1590 g/mol. The standard InChI is InChI=1S/C48H49N5O5.C42H46N4O4.C6H4ClNO/c1-24(2)42(25(3)4)52-45(55)32-12-9-29-30-10-13-34-39-35(48(58)53(47(34)57)43(26(5)6)27(7)8)23-36(40(41(30)39)31-11-14-33(46(52)56)38(32)37(29)31)50-19-21-51(22-20-50)44(54)28-15-17-49-18-16-28;1-20(2)37(21(3)4)45-39(47)27-12-9-24-25-10-13-29-34-30(42(50)46(41(29)49)38(22(5)6)23(7)8)19-31(44-17-15-43-16-18-44)35(36(25)34)26-11-14-28(40(45)48)33(27)32(24)26;7-6(9)5-1-3-8-4-2-5/h9-18,23-27,42-43H,19-22H2,1-8H3;9-14,19-23,37-38,43H,15-18H2,1-8H3;1-4H. The molecule has 0 atom stereocenters. The second-order valence-corrected chi connectivity index (χ2v) is 35.5. The summed E-state index contributed by atoms with van der Waals surface area (Å²) in [6, 6.07) is 32.7. The van der Waals surface area contributed by atoms with Crippen molar-refractivity contribution in [1.82, 2.24) is 39.8 Å². The zero-order valence-corrected chi connectivity index (χ0v) is 70.0. The Morgan fingerprint density at radius 1 is 0.299 bits per heavy atom. The fourth-order valence-electron chi connectivity index (χ4n) is 21.0. The van der Waals surface area contributed by atoms with E-state index in [0.717, 1.165) is 102 Å². The van der Waals surface area contributed by atoms with E-state index in [0.29, 0.717) is 103 Å². The number of imide groups is 4. The van der Waals surface area contributed by atoms with Gasteiger partial charge in [0.2, 0.25) is 0 Å². The predicted molar refractivity (Wildman–Crippen MR) is 463 cm³/mol. The molecule has 8 heterocycles. The number of anilines is 2. The summed E-state index contributed by atoms with van der Waals surface area (Å²) in [7, 11) is 0. The lowest BCUT2D eigenvalue weighted by atomic mass is 9.80. The molecule has 2 fully saturated rings. The molecule has 6 aliphatic rings. The van der Waals surface area contributed by atoms with E-state index in [1.165, 1.54) is 32.0 Å². The van der Waals surface area contributed by atoms with Gasteiger partial charge in [-0.25, -0.2) is 0 Å². The van der Waals surface area contributed by atoms with Crippen molar-refractivity contribution in [1.29, 1.82) is 0 Å². The van der Waals surface area contributed by atoms with E-state index in [1.807, 2.05) is 118 Å². The van der Waals surface area contributed by atoms with Gasteiger partial charge in [0.15, 0.2) is 0 Å². The van der Waals surface area contributed by atoms with Gasteiger partial charge in [-0.05, 0) is 175 Å². The maximum Gasteiger partial charge on any atom is 0.261 e. The van der Waals surface area contributed by atoms with Gasteiger partial charge in [-0.2, -0.15) is 0 Å². The molecule has 6 aliphatic heterocycles. The summed E-state index contributed by atoms with van der Waals surface area (Å²) >= 11 is 5.14. The van der Waals surface area contributed by atoms with Crippen LogP contribution in [0.2, 0.25) is 0 Å². The van der Waals surface area contributed by atoms with Crippen LogP contribution in [0.5, 0.6) is 0 Å². The van der Waals surface area contributed by atoms with E-state index < -0.39 is 5.24 Å². The fourth-order valence-corrected chi connectivity index (χ4v) is 21.2. The Hall–Kier alpha value is -11.4. The van der Waals surface area contributed by atoms with E-state index in [4.69, 9.17) is 11.6 Å². The number of carbonyl (C=O) groups excluding carboxylic acids is 10. The van der Waals surface area contributed by atoms with Crippen LogP contribution in [0.15, 0.2) is 134 Å². The second kappa shape index (κ2) is 30.3. The summed E-state index contributed by atoms with van der Waals surface area (Å²) in [4.78, 5) is 160. The van der Waals surface area contributed by atoms with Crippen LogP contribution in [0.4, 0.5) is 11.4 Å². The molecule has 1 N–H and O–H groups in total. The first-order valence-electron chi connectivity index (χ1n) is 41.4. The molecule has 18 rings (SSSR count). The van der Waals surface area contributed by atoms with Gasteiger partial charge in [0.05, 0.1) is 11.1 Å². The van der Waals surface area contributed by atoms with Crippen molar-refractivity contribution < 1.29 is 47.9 Å². The molecule has 0 saturated carbocycles. The van der Waals surface area contributed by atoms with E-state index >= 15 is 0 Å². The van der Waals surface area contributed by atoms with Crippen LogP contribution in [0, 0.1) is 47.3 Å². The first-order chi connectivity index (χ1) is 55.9. The van der Waals surface area contributed by atoms with E-state index in [2.05, 4.69) is 108 Å². The van der Waals surface area contributed by atoms with Gasteiger partial charge < -0.3 is 20.0 Å². The van der Waals surface area contributed by atoms with Gasteiger partial charge >= 0.3 is 0 Å². The highest BCUT2D eigenvalue weighted by Crippen LogP contribution is 2.54. The zero-order valence-electron chi connectivity index (χ0n) is 69.3. The van der Waals surface area contributed by atoms with Gasteiger partial charge in [0, 0.05) is 200 Å². The number of fused-ring (bicyclic) bond motifs is 4. The largest absolute Gasteiger partial charge is 0.368 e. The number of hydrogen-bond donors (Lipinski definition) is 1. The van der Waals surface area contributed by atoms with Crippen LogP contribution in [0.25, 0.3) is 86.2 Å². The highest BCUT2D eigenvalue weighted by molar-refractivity contribution is 6.67. The maximum absolute atomic E-state index is 14.9. The molecule has 600 valence electrons. The predicted octanol–water partition coefficient (Wildman–Crippen LogP) is 17.8. The molecule has 117 heavy (non-hydrogen) atoms. The Kier molecular flexibility index (Phi) is 20.6. The molecule has 10 aromatic carbocycles. The Balaban J connectivity index is 0.000000159. The number of rotatable bonds is 16. The number of nitrogens with one attached hydrogen (secondary N) is 1.